The summed E-state index contributed by atoms with van der Waals surface area (Å²) in [6.07, 6.45) is 1.80. The summed E-state index contributed by atoms with van der Waals surface area (Å²) in [4.78, 5) is 17.4. The molecule has 0 bridgehead atoms. The van der Waals surface area contributed by atoms with E-state index in [1.165, 1.54) is 18.3 Å². The molecule has 164 valence electrons. The summed E-state index contributed by atoms with van der Waals surface area (Å²) in [5, 5.41) is -0.303. The van der Waals surface area contributed by atoms with E-state index in [1.807, 2.05) is 4.90 Å². The summed E-state index contributed by atoms with van der Waals surface area (Å²) >= 11 is 0. The van der Waals surface area contributed by atoms with Crippen LogP contribution in [-0.2, 0) is 16.0 Å². The fraction of sp³-hybridized carbons (Fsp3) is 0.350. The number of piperidine rings is 1. The molecule has 1 aliphatic rings. The van der Waals surface area contributed by atoms with Crippen LogP contribution in [0.1, 0.15) is 35.1 Å². The number of anilines is 1. The highest BCUT2D eigenvalue weighted by atomic mass is 32.2. The number of imidazole rings is 1. The summed E-state index contributed by atoms with van der Waals surface area (Å²) in [6.45, 7) is 0.990. The number of nitrogens with one attached hydrogen (secondary N) is 1. The van der Waals surface area contributed by atoms with Gasteiger partial charge >= 0.3 is 6.18 Å². The van der Waals surface area contributed by atoms with Crippen molar-refractivity contribution >= 4 is 15.8 Å². The van der Waals surface area contributed by atoms with E-state index in [9.17, 15) is 21.6 Å². The first kappa shape index (κ1) is 21.3. The van der Waals surface area contributed by atoms with Gasteiger partial charge in [-0.05, 0) is 30.0 Å². The van der Waals surface area contributed by atoms with Gasteiger partial charge in [-0.2, -0.15) is 13.2 Å². The highest BCUT2D eigenvalue weighted by Crippen LogP contribution is 2.41. The molecule has 1 aliphatic heterocycles. The molecule has 0 aliphatic carbocycles. The molecule has 1 saturated heterocycles. The summed E-state index contributed by atoms with van der Waals surface area (Å²) in [7, 11) is -3.63. The van der Waals surface area contributed by atoms with Crippen LogP contribution >= 0.6 is 0 Å². The third-order valence-corrected chi connectivity index (χ3v) is 6.26. The van der Waals surface area contributed by atoms with E-state index < -0.39 is 21.6 Å². The van der Waals surface area contributed by atoms with Crippen LogP contribution in [0.4, 0.5) is 19.1 Å². The first-order chi connectivity index (χ1) is 14.6. The topological polar surface area (TPSA) is 91.8 Å². The van der Waals surface area contributed by atoms with Crippen molar-refractivity contribution in [1.82, 2.24) is 19.9 Å². The molecule has 4 rings (SSSR count). The van der Waals surface area contributed by atoms with E-state index in [4.69, 9.17) is 0 Å². The van der Waals surface area contributed by atoms with Gasteiger partial charge in [-0.1, -0.05) is 18.2 Å². The average Bonchev–Trinajstić information content (AvgIpc) is 3.27. The Morgan fingerprint density at radius 3 is 2.61 bits per heavy atom. The number of halogens is 3. The molecule has 3 aromatic rings. The first-order valence-electron chi connectivity index (χ1n) is 9.57. The van der Waals surface area contributed by atoms with E-state index in [1.54, 1.807) is 24.5 Å². The molecule has 0 saturated carbocycles. The lowest BCUT2D eigenvalue weighted by Crippen LogP contribution is -2.39. The number of aromatic amines is 1. The molecule has 0 radical (unpaired) electrons. The number of alkyl halides is 3. The third-order valence-electron chi connectivity index (χ3n) is 5.40. The molecule has 2 atom stereocenters. The van der Waals surface area contributed by atoms with Gasteiger partial charge < -0.3 is 9.88 Å². The predicted molar refractivity (Wildman–Crippen MR) is 107 cm³/mol. The second-order valence-corrected chi connectivity index (χ2v) is 9.43. The highest BCUT2D eigenvalue weighted by molar-refractivity contribution is 7.90. The van der Waals surface area contributed by atoms with E-state index in [0.717, 1.165) is 12.3 Å². The summed E-state index contributed by atoms with van der Waals surface area (Å²) in [6, 6.07) is 6.90. The number of H-pyrrole nitrogens is 1. The lowest BCUT2D eigenvalue weighted by molar-refractivity contribution is -0.137. The fourth-order valence-corrected chi connectivity index (χ4v) is 4.48. The minimum absolute atomic E-state index is 0.282. The van der Waals surface area contributed by atoms with Crippen LogP contribution in [0.2, 0.25) is 0 Å². The molecule has 11 heteroatoms. The van der Waals surface area contributed by atoms with Gasteiger partial charge in [-0.25, -0.2) is 23.4 Å². The molecule has 1 aromatic carbocycles. The zero-order valence-corrected chi connectivity index (χ0v) is 17.4. The summed E-state index contributed by atoms with van der Waals surface area (Å²) in [5.74, 6) is 0.00606. The number of sulfone groups is 1. The Balaban J connectivity index is 1.76. The van der Waals surface area contributed by atoms with Gasteiger partial charge in [0, 0.05) is 43.9 Å². The van der Waals surface area contributed by atoms with Crippen molar-refractivity contribution in [2.24, 2.45) is 0 Å². The minimum Gasteiger partial charge on any atom is -0.342 e. The molecular formula is C20H20F3N5O2S. The monoisotopic (exact) mass is 451 g/mol. The maximum atomic E-state index is 13.3. The largest absolute Gasteiger partial charge is 0.416 e. The highest BCUT2D eigenvalue weighted by Gasteiger charge is 2.36. The van der Waals surface area contributed by atoms with Crippen molar-refractivity contribution in [2.45, 2.75) is 29.6 Å². The molecule has 0 spiro atoms. The molecule has 31 heavy (non-hydrogen) atoms. The maximum absolute atomic E-state index is 13.3. The van der Waals surface area contributed by atoms with E-state index in [0.29, 0.717) is 36.7 Å². The zero-order chi connectivity index (χ0) is 22.2. The lowest BCUT2D eigenvalue weighted by atomic mass is 9.78. The number of aromatic nitrogens is 4. The molecule has 0 amide bonds. The van der Waals surface area contributed by atoms with Gasteiger partial charge in [0.2, 0.25) is 20.9 Å². The van der Waals surface area contributed by atoms with Crippen LogP contribution in [0.5, 0.6) is 0 Å². The Labute approximate surface area is 177 Å². The zero-order valence-electron chi connectivity index (χ0n) is 16.5. The Morgan fingerprint density at radius 2 is 1.94 bits per heavy atom. The second-order valence-electron chi connectivity index (χ2n) is 7.52. The van der Waals surface area contributed by atoms with Gasteiger partial charge in [0.25, 0.3) is 0 Å². The number of nitrogens with zero attached hydrogens (tertiary/aromatic N) is 4. The van der Waals surface area contributed by atoms with Crippen molar-refractivity contribution in [1.29, 1.82) is 0 Å². The number of benzene rings is 1. The van der Waals surface area contributed by atoms with E-state index >= 15 is 0 Å². The van der Waals surface area contributed by atoms with Crippen LogP contribution in [-0.4, -0.2) is 47.7 Å². The van der Waals surface area contributed by atoms with Crippen LogP contribution < -0.4 is 4.90 Å². The van der Waals surface area contributed by atoms with Crippen LogP contribution in [0.15, 0.2) is 54.1 Å². The number of hydrogen-bond acceptors (Lipinski definition) is 6. The standard InChI is InChI=1S/C20H20F3N5O2S/c1-31(29,30)19-26-7-5-17(27-19)16-12-28(18-24-8-9-25-18)10-6-15(16)13-3-2-4-14(11-13)20(21,22)23/h2-5,7-9,11,15-16H,6,10,12H2,1H3,(H,24,25). The Bertz CT molecular complexity index is 1170. The Morgan fingerprint density at radius 1 is 1.13 bits per heavy atom. The quantitative estimate of drug-likeness (QED) is 0.612. The SMILES string of the molecule is CS(=O)(=O)c1nccc(C2CN(c3ncc[nH]3)CCC2c2cccc(C(F)(F)F)c2)n1. The van der Waals surface area contributed by atoms with Crippen molar-refractivity contribution in [3.8, 4) is 0 Å². The first-order valence-corrected chi connectivity index (χ1v) is 11.5. The number of hydrogen-bond donors (Lipinski definition) is 1. The summed E-state index contributed by atoms with van der Waals surface area (Å²) < 4.78 is 63.7. The lowest BCUT2D eigenvalue weighted by Gasteiger charge is -2.38. The van der Waals surface area contributed by atoms with Gasteiger partial charge in [-0.3, -0.25) is 0 Å². The average molecular weight is 451 g/mol. The maximum Gasteiger partial charge on any atom is 0.416 e. The van der Waals surface area contributed by atoms with Crippen molar-refractivity contribution < 1.29 is 21.6 Å². The molecule has 2 unspecified atom stereocenters. The Hall–Kier alpha value is -2.95. The molecule has 2 aromatic heterocycles. The van der Waals surface area contributed by atoms with Crippen molar-refractivity contribution in [2.75, 3.05) is 24.2 Å². The van der Waals surface area contributed by atoms with E-state index in [2.05, 4.69) is 19.9 Å². The summed E-state index contributed by atoms with van der Waals surface area (Å²) in [5.41, 5.74) is 0.296. The van der Waals surface area contributed by atoms with Crippen LogP contribution in [0.25, 0.3) is 0 Å². The Kier molecular flexibility index (Phi) is 5.46. The van der Waals surface area contributed by atoms with Crippen LogP contribution in [0, 0.1) is 0 Å². The van der Waals surface area contributed by atoms with Crippen LogP contribution in [0.3, 0.4) is 0 Å². The van der Waals surface area contributed by atoms with Gasteiger partial charge in [0.05, 0.1) is 11.3 Å². The second kappa shape index (κ2) is 7.95. The molecule has 1 fully saturated rings. The van der Waals surface area contributed by atoms with E-state index in [-0.39, 0.29) is 17.0 Å². The predicted octanol–water partition coefficient (Wildman–Crippen LogP) is 3.40. The molecular weight excluding hydrogens is 431 g/mol. The van der Waals surface area contributed by atoms with Crippen molar-refractivity contribution in [3.63, 3.8) is 0 Å². The van der Waals surface area contributed by atoms with Gasteiger partial charge in [0.15, 0.2) is 0 Å². The molecule has 1 N–H and O–H groups in total. The third kappa shape index (κ3) is 4.55. The molecule has 7 nitrogen and oxygen atoms in total. The van der Waals surface area contributed by atoms with Gasteiger partial charge in [0.1, 0.15) is 0 Å². The van der Waals surface area contributed by atoms with Crippen molar-refractivity contribution in [3.05, 3.63) is 65.7 Å². The van der Waals surface area contributed by atoms with Gasteiger partial charge in [-0.15, -0.1) is 0 Å². The normalized spacial score (nSPS) is 20.1. The minimum atomic E-state index is -4.45. The molecule has 3 heterocycles. The smallest absolute Gasteiger partial charge is 0.342 e. The fourth-order valence-electron chi connectivity index (χ4n) is 3.96. The number of rotatable bonds is 4.